The summed E-state index contributed by atoms with van der Waals surface area (Å²) in [6.45, 7) is 3.35. The van der Waals surface area contributed by atoms with Crippen molar-refractivity contribution in [1.29, 1.82) is 0 Å². The van der Waals surface area contributed by atoms with Gasteiger partial charge in [0.05, 0.1) is 12.6 Å². The van der Waals surface area contributed by atoms with Crippen molar-refractivity contribution in [2.24, 2.45) is 0 Å². The molecule has 1 saturated heterocycles. The number of benzene rings is 1. The normalized spacial score (nSPS) is 17.4. The number of rotatable bonds is 4. The molecule has 0 aliphatic carbocycles. The van der Waals surface area contributed by atoms with Crippen molar-refractivity contribution in [3.63, 3.8) is 0 Å². The lowest BCUT2D eigenvalue weighted by atomic mass is 10.0. The summed E-state index contributed by atoms with van der Waals surface area (Å²) in [7, 11) is 0. The molecule has 1 aliphatic rings. The molecule has 106 valence electrons. The molecular weight excluding hydrogens is 250 g/mol. The number of hydrogen-bond donors (Lipinski definition) is 1. The predicted molar refractivity (Wildman–Crippen MR) is 78.1 cm³/mol. The zero-order valence-corrected chi connectivity index (χ0v) is 11.7. The zero-order valence-electron chi connectivity index (χ0n) is 11.7. The summed E-state index contributed by atoms with van der Waals surface area (Å²) in [5, 5.41) is 13.4. The Balaban J connectivity index is 1.53. The molecule has 0 spiro atoms. The highest BCUT2D eigenvalue weighted by Crippen LogP contribution is 2.22. The summed E-state index contributed by atoms with van der Waals surface area (Å²) in [6, 6.07) is 10.8. The molecule has 4 nitrogen and oxygen atoms in total. The summed E-state index contributed by atoms with van der Waals surface area (Å²) in [5.41, 5.74) is 2.30. The number of nitrogens with zero attached hydrogens (tertiary/aromatic N) is 3. The fraction of sp³-hybridized carbons (Fsp3) is 0.438. The summed E-state index contributed by atoms with van der Waals surface area (Å²) >= 11 is 0. The van der Waals surface area contributed by atoms with Crippen molar-refractivity contribution in [1.82, 2.24) is 14.7 Å². The lowest BCUT2D eigenvalue weighted by Crippen LogP contribution is -2.34. The van der Waals surface area contributed by atoms with Crippen LogP contribution < -0.4 is 0 Å². The quantitative estimate of drug-likeness (QED) is 0.927. The van der Waals surface area contributed by atoms with Crippen molar-refractivity contribution in [2.45, 2.75) is 32.0 Å². The van der Waals surface area contributed by atoms with Crippen molar-refractivity contribution in [2.75, 3.05) is 13.1 Å². The summed E-state index contributed by atoms with van der Waals surface area (Å²) in [6.07, 6.45) is 6.25. The molecule has 3 rings (SSSR count). The molecular formula is C16H21N3O. The van der Waals surface area contributed by atoms with Gasteiger partial charge in [0.2, 0.25) is 0 Å². The standard InChI is InChI=1S/C16H21N3O/c20-13-15-4-2-14(3-5-15)12-18-10-6-16(7-11-18)19-9-1-8-17-19/h1-5,8-9,16,20H,6-7,10-13H2. The van der Waals surface area contributed by atoms with Crippen molar-refractivity contribution in [3.8, 4) is 0 Å². The lowest BCUT2D eigenvalue weighted by molar-refractivity contribution is 0.173. The fourth-order valence-corrected chi connectivity index (χ4v) is 2.85. The van der Waals surface area contributed by atoms with Crippen LogP contribution in [0, 0.1) is 0 Å². The molecule has 2 heterocycles. The van der Waals surface area contributed by atoms with Crippen molar-refractivity contribution >= 4 is 0 Å². The second-order valence-corrected chi connectivity index (χ2v) is 5.47. The van der Waals surface area contributed by atoms with Gasteiger partial charge in [-0.05, 0) is 30.0 Å². The van der Waals surface area contributed by atoms with E-state index in [1.54, 1.807) is 0 Å². The van der Waals surface area contributed by atoms with Crippen LogP contribution in [-0.2, 0) is 13.2 Å². The third-order valence-corrected chi connectivity index (χ3v) is 4.07. The summed E-state index contributed by atoms with van der Waals surface area (Å²) < 4.78 is 2.09. The number of likely N-dealkylation sites (tertiary alicyclic amines) is 1. The minimum Gasteiger partial charge on any atom is -0.392 e. The van der Waals surface area contributed by atoms with Gasteiger partial charge in [-0.15, -0.1) is 0 Å². The molecule has 1 aliphatic heterocycles. The first-order valence-electron chi connectivity index (χ1n) is 7.25. The van der Waals surface area contributed by atoms with Gasteiger partial charge >= 0.3 is 0 Å². The van der Waals surface area contributed by atoms with E-state index in [1.165, 1.54) is 5.56 Å². The van der Waals surface area contributed by atoms with Crippen molar-refractivity contribution in [3.05, 3.63) is 53.9 Å². The van der Waals surface area contributed by atoms with E-state index in [9.17, 15) is 0 Å². The SMILES string of the molecule is OCc1ccc(CN2CCC(n3cccn3)CC2)cc1. The minimum atomic E-state index is 0.121. The van der Waals surface area contributed by atoms with Crippen molar-refractivity contribution < 1.29 is 5.11 Å². The smallest absolute Gasteiger partial charge is 0.0681 e. The van der Waals surface area contributed by atoms with Gasteiger partial charge in [-0.3, -0.25) is 9.58 Å². The molecule has 0 atom stereocenters. The lowest BCUT2D eigenvalue weighted by Gasteiger charge is -2.32. The molecule has 1 N–H and O–H groups in total. The first-order valence-corrected chi connectivity index (χ1v) is 7.25. The molecule has 0 saturated carbocycles. The van der Waals surface area contributed by atoms with Gasteiger partial charge in [0, 0.05) is 32.0 Å². The molecule has 2 aromatic rings. The Hall–Kier alpha value is -1.65. The van der Waals surface area contributed by atoms with Gasteiger partial charge in [-0.25, -0.2) is 0 Å². The molecule has 0 radical (unpaired) electrons. The van der Waals surface area contributed by atoms with E-state index < -0.39 is 0 Å². The Morgan fingerprint density at radius 2 is 1.80 bits per heavy atom. The van der Waals surface area contributed by atoms with E-state index in [2.05, 4.69) is 33.0 Å². The van der Waals surface area contributed by atoms with Crippen LogP contribution in [-0.4, -0.2) is 32.9 Å². The van der Waals surface area contributed by atoms with E-state index in [-0.39, 0.29) is 6.61 Å². The van der Waals surface area contributed by atoms with Crippen LogP contribution in [0.1, 0.15) is 30.0 Å². The molecule has 0 amide bonds. The van der Waals surface area contributed by atoms with Crippen LogP contribution >= 0.6 is 0 Å². The summed E-state index contributed by atoms with van der Waals surface area (Å²) in [4.78, 5) is 2.49. The third kappa shape index (κ3) is 3.08. The Morgan fingerprint density at radius 3 is 2.40 bits per heavy atom. The van der Waals surface area contributed by atoms with Crippen LogP contribution in [0.2, 0.25) is 0 Å². The molecule has 0 bridgehead atoms. The topological polar surface area (TPSA) is 41.3 Å². The third-order valence-electron chi connectivity index (χ3n) is 4.07. The Labute approximate surface area is 119 Å². The van der Waals surface area contributed by atoms with E-state index >= 15 is 0 Å². The van der Waals surface area contributed by atoms with Crippen LogP contribution in [0.15, 0.2) is 42.7 Å². The molecule has 20 heavy (non-hydrogen) atoms. The number of piperidine rings is 1. The highest BCUT2D eigenvalue weighted by molar-refractivity contribution is 5.21. The molecule has 1 aromatic heterocycles. The first kappa shape index (κ1) is 13.3. The monoisotopic (exact) mass is 271 g/mol. The van der Waals surface area contributed by atoms with Crippen LogP contribution in [0.3, 0.4) is 0 Å². The van der Waals surface area contributed by atoms with E-state index in [1.807, 2.05) is 24.4 Å². The Bertz CT molecular complexity index is 513. The number of aliphatic hydroxyl groups excluding tert-OH is 1. The maximum absolute atomic E-state index is 9.05. The predicted octanol–water partition coefficient (Wildman–Crippen LogP) is 2.21. The largest absolute Gasteiger partial charge is 0.392 e. The maximum Gasteiger partial charge on any atom is 0.0681 e. The highest BCUT2D eigenvalue weighted by Gasteiger charge is 2.20. The average Bonchev–Trinajstić information content (AvgIpc) is 3.03. The Kier molecular flexibility index (Phi) is 4.14. The van der Waals surface area contributed by atoms with Crippen LogP contribution in [0.5, 0.6) is 0 Å². The highest BCUT2D eigenvalue weighted by atomic mass is 16.3. The average molecular weight is 271 g/mol. The number of aliphatic hydroxyl groups is 1. The number of aromatic nitrogens is 2. The Morgan fingerprint density at radius 1 is 1.10 bits per heavy atom. The zero-order chi connectivity index (χ0) is 13.8. The van der Waals surface area contributed by atoms with Crippen LogP contribution in [0.25, 0.3) is 0 Å². The van der Waals surface area contributed by atoms with Crippen LogP contribution in [0.4, 0.5) is 0 Å². The minimum absolute atomic E-state index is 0.121. The fourth-order valence-electron chi connectivity index (χ4n) is 2.85. The second kappa shape index (κ2) is 6.20. The van der Waals surface area contributed by atoms with E-state index in [0.29, 0.717) is 6.04 Å². The molecule has 1 aromatic carbocycles. The number of hydrogen-bond acceptors (Lipinski definition) is 3. The summed E-state index contributed by atoms with van der Waals surface area (Å²) in [5.74, 6) is 0. The maximum atomic E-state index is 9.05. The van der Waals surface area contributed by atoms with E-state index in [0.717, 1.165) is 38.0 Å². The molecule has 1 fully saturated rings. The molecule has 4 heteroatoms. The van der Waals surface area contributed by atoms with Gasteiger partial charge in [-0.2, -0.15) is 5.10 Å². The van der Waals surface area contributed by atoms with Gasteiger partial charge in [0.15, 0.2) is 0 Å². The second-order valence-electron chi connectivity index (χ2n) is 5.47. The van der Waals surface area contributed by atoms with Gasteiger partial charge in [-0.1, -0.05) is 24.3 Å². The van der Waals surface area contributed by atoms with Gasteiger partial charge < -0.3 is 5.11 Å². The first-order chi connectivity index (χ1) is 9.85. The van der Waals surface area contributed by atoms with Gasteiger partial charge in [0.1, 0.15) is 0 Å². The molecule has 0 unspecified atom stereocenters. The van der Waals surface area contributed by atoms with E-state index in [4.69, 9.17) is 5.11 Å². The van der Waals surface area contributed by atoms with Gasteiger partial charge in [0.25, 0.3) is 0 Å².